The van der Waals surface area contributed by atoms with E-state index in [9.17, 15) is 4.79 Å². The van der Waals surface area contributed by atoms with Crippen LogP contribution in [-0.4, -0.2) is 27.3 Å². The normalized spacial score (nSPS) is 11.9. The highest BCUT2D eigenvalue weighted by Gasteiger charge is 2.25. The smallest absolute Gasteiger partial charge is 0.287 e. The minimum atomic E-state index is -0.241. The fourth-order valence-corrected chi connectivity index (χ4v) is 3.05. The number of hydrogen-bond acceptors (Lipinski definition) is 4. The molecule has 1 aromatic rings. The Bertz CT molecular complexity index is 489. The Balaban J connectivity index is 2.95. The van der Waals surface area contributed by atoms with E-state index in [1.807, 2.05) is 25.6 Å². The zero-order chi connectivity index (χ0) is 15.3. The van der Waals surface area contributed by atoms with Crippen LogP contribution in [0.25, 0.3) is 0 Å². The van der Waals surface area contributed by atoms with Crippen LogP contribution in [0.1, 0.15) is 46.6 Å². The van der Waals surface area contributed by atoms with Crippen molar-refractivity contribution in [3.63, 3.8) is 0 Å². The van der Waals surface area contributed by atoms with Gasteiger partial charge in [0, 0.05) is 11.3 Å². The van der Waals surface area contributed by atoms with Gasteiger partial charge >= 0.3 is 0 Å². The molecule has 0 amide bonds. The lowest BCUT2D eigenvalue weighted by Crippen LogP contribution is -2.33. The average Bonchev–Trinajstić information content (AvgIpc) is 2.44. The first kappa shape index (κ1) is 17.4. The van der Waals surface area contributed by atoms with Gasteiger partial charge in [0.05, 0.1) is 17.9 Å². The van der Waals surface area contributed by atoms with Gasteiger partial charge in [0.2, 0.25) is 0 Å². The summed E-state index contributed by atoms with van der Waals surface area (Å²) in [6.07, 6.45) is 5.88. The molecule has 1 heterocycles. The summed E-state index contributed by atoms with van der Waals surface area (Å²) in [5.41, 5.74) is 0.378. The minimum absolute atomic E-state index is 0.00521. The molecule has 0 bridgehead atoms. The third-order valence-corrected chi connectivity index (χ3v) is 5.71. The van der Waals surface area contributed by atoms with Gasteiger partial charge in [-0.05, 0) is 32.9 Å². The maximum atomic E-state index is 12.1. The third-order valence-electron chi connectivity index (χ3n) is 3.76. The predicted octanol–water partition coefficient (Wildman–Crippen LogP) is 3.81. The lowest BCUT2D eigenvalue weighted by atomic mass is 10.0. The SMILES string of the molecule is CCC(CC)(CNc1cnn(C(C)C)c(=O)c1Cl)SC. The molecule has 0 spiro atoms. The van der Waals surface area contributed by atoms with Gasteiger partial charge in [-0.15, -0.1) is 0 Å². The topological polar surface area (TPSA) is 46.9 Å². The summed E-state index contributed by atoms with van der Waals surface area (Å²) < 4.78 is 1.56. The van der Waals surface area contributed by atoms with Crippen LogP contribution in [0.2, 0.25) is 5.02 Å². The van der Waals surface area contributed by atoms with E-state index in [1.54, 1.807) is 6.20 Å². The summed E-state index contributed by atoms with van der Waals surface area (Å²) >= 11 is 8.00. The van der Waals surface area contributed by atoms with Crippen LogP contribution in [0.5, 0.6) is 0 Å². The highest BCUT2D eigenvalue weighted by atomic mass is 35.5. The maximum Gasteiger partial charge on any atom is 0.287 e. The molecular weight excluding hydrogens is 294 g/mol. The Morgan fingerprint density at radius 2 is 2.05 bits per heavy atom. The van der Waals surface area contributed by atoms with Crippen molar-refractivity contribution >= 4 is 29.1 Å². The second-order valence-electron chi connectivity index (χ2n) is 5.16. The molecule has 20 heavy (non-hydrogen) atoms. The standard InChI is InChI=1S/C14H24ClN3OS/c1-6-14(7-2,20-5)9-16-11-8-17-18(10(3)4)13(19)12(11)15/h8,10,16H,6-7,9H2,1-5H3. The lowest BCUT2D eigenvalue weighted by molar-refractivity contribution is 0.503. The average molecular weight is 318 g/mol. The zero-order valence-electron chi connectivity index (χ0n) is 12.9. The Hall–Kier alpha value is -0.680. The summed E-state index contributed by atoms with van der Waals surface area (Å²) in [6, 6.07) is 0.00521. The minimum Gasteiger partial charge on any atom is -0.381 e. The Labute approximate surface area is 130 Å². The van der Waals surface area contributed by atoms with Gasteiger partial charge in [-0.2, -0.15) is 16.9 Å². The van der Waals surface area contributed by atoms with E-state index in [-0.39, 0.29) is 21.4 Å². The van der Waals surface area contributed by atoms with Crippen LogP contribution in [-0.2, 0) is 0 Å². The molecule has 4 nitrogen and oxygen atoms in total. The third kappa shape index (κ3) is 3.70. The van der Waals surface area contributed by atoms with Crippen LogP contribution in [0.15, 0.2) is 11.0 Å². The first-order valence-corrected chi connectivity index (χ1v) is 8.57. The second-order valence-corrected chi connectivity index (χ2v) is 6.82. The Morgan fingerprint density at radius 3 is 2.50 bits per heavy atom. The van der Waals surface area contributed by atoms with Crippen molar-refractivity contribution in [1.29, 1.82) is 0 Å². The molecular formula is C14H24ClN3OS. The fourth-order valence-electron chi connectivity index (χ4n) is 2.05. The number of rotatable bonds is 7. The van der Waals surface area contributed by atoms with Gasteiger partial charge in [0.1, 0.15) is 5.02 Å². The number of anilines is 1. The number of nitrogens with zero attached hydrogens (tertiary/aromatic N) is 2. The number of halogens is 1. The Kier molecular flexibility index (Phi) is 6.40. The van der Waals surface area contributed by atoms with E-state index >= 15 is 0 Å². The van der Waals surface area contributed by atoms with E-state index in [0.29, 0.717) is 5.69 Å². The van der Waals surface area contributed by atoms with Gasteiger partial charge in [-0.1, -0.05) is 25.4 Å². The second kappa shape index (κ2) is 7.36. The Morgan fingerprint density at radius 1 is 1.45 bits per heavy atom. The van der Waals surface area contributed by atoms with Crippen molar-refractivity contribution < 1.29 is 0 Å². The largest absolute Gasteiger partial charge is 0.381 e. The number of nitrogens with one attached hydrogen (secondary N) is 1. The molecule has 1 aromatic heterocycles. The van der Waals surface area contributed by atoms with Crippen LogP contribution in [0.4, 0.5) is 5.69 Å². The van der Waals surface area contributed by atoms with Crippen LogP contribution < -0.4 is 10.9 Å². The monoisotopic (exact) mass is 317 g/mol. The zero-order valence-corrected chi connectivity index (χ0v) is 14.4. The van der Waals surface area contributed by atoms with Crippen molar-refractivity contribution in [3.05, 3.63) is 21.6 Å². The van der Waals surface area contributed by atoms with E-state index in [1.165, 1.54) is 4.68 Å². The highest BCUT2D eigenvalue weighted by Crippen LogP contribution is 2.31. The molecule has 0 saturated carbocycles. The van der Waals surface area contributed by atoms with Gasteiger partial charge in [-0.25, -0.2) is 4.68 Å². The first-order valence-electron chi connectivity index (χ1n) is 6.97. The van der Waals surface area contributed by atoms with Gasteiger partial charge in [0.25, 0.3) is 5.56 Å². The number of hydrogen-bond donors (Lipinski definition) is 1. The summed E-state index contributed by atoms with van der Waals surface area (Å²) in [6.45, 7) is 8.94. The summed E-state index contributed by atoms with van der Waals surface area (Å²) in [7, 11) is 0. The van der Waals surface area contributed by atoms with Crippen molar-refractivity contribution in [2.45, 2.75) is 51.3 Å². The quantitative estimate of drug-likeness (QED) is 0.830. The van der Waals surface area contributed by atoms with E-state index in [0.717, 1.165) is 19.4 Å². The molecule has 0 radical (unpaired) electrons. The summed E-state index contributed by atoms with van der Waals surface area (Å²) in [4.78, 5) is 12.1. The first-order chi connectivity index (χ1) is 9.40. The van der Waals surface area contributed by atoms with Gasteiger partial charge < -0.3 is 5.32 Å². The summed E-state index contributed by atoms with van der Waals surface area (Å²) in [5.74, 6) is 0. The fraction of sp³-hybridized carbons (Fsp3) is 0.714. The van der Waals surface area contributed by atoms with E-state index in [4.69, 9.17) is 11.6 Å². The summed E-state index contributed by atoms with van der Waals surface area (Å²) in [5, 5.41) is 7.67. The van der Waals surface area contributed by atoms with Crippen molar-refractivity contribution in [1.82, 2.24) is 9.78 Å². The van der Waals surface area contributed by atoms with Gasteiger partial charge in [0.15, 0.2) is 0 Å². The lowest BCUT2D eigenvalue weighted by Gasteiger charge is -2.30. The van der Waals surface area contributed by atoms with Crippen LogP contribution in [0, 0.1) is 0 Å². The molecule has 0 aliphatic heterocycles. The predicted molar refractivity (Wildman–Crippen MR) is 89.2 cm³/mol. The van der Waals surface area contributed by atoms with Crippen LogP contribution >= 0.6 is 23.4 Å². The molecule has 0 aliphatic rings. The van der Waals surface area contributed by atoms with Crippen molar-refractivity contribution in [2.75, 3.05) is 18.1 Å². The molecule has 1 N–H and O–H groups in total. The number of aromatic nitrogens is 2. The molecule has 6 heteroatoms. The molecule has 0 atom stereocenters. The maximum absolute atomic E-state index is 12.1. The molecule has 0 fully saturated rings. The number of thioether (sulfide) groups is 1. The van der Waals surface area contributed by atoms with Gasteiger partial charge in [-0.3, -0.25) is 4.79 Å². The van der Waals surface area contributed by atoms with E-state index < -0.39 is 0 Å². The molecule has 0 aromatic carbocycles. The molecule has 0 aliphatic carbocycles. The van der Waals surface area contributed by atoms with Crippen molar-refractivity contribution in [2.24, 2.45) is 0 Å². The highest BCUT2D eigenvalue weighted by molar-refractivity contribution is 8.00. The van der Waals surface area contributed by atoms with Crippen LogP contribution in [0.3, 0.4) is 0 Å². The molecule has 0 saturated heterocycles. The van der Waals surface area contributed by atoms with E-state index in [2.05, 4.69) is 30.5 Å². The molecule has 114 valence electrons. The van der Waals surface area contributed by atoms with Crippen molar-refractivity contribution in [3.8, 4) is 0 Å². The molecule has 1 rings (SSSR count). The molecule has 0 unspecified atom stereocenters.